The van der Waals surface area contributed by atoms with Gasteiger partial charge in [-0.25, -0.2) is 9.59 Å². The highest BCUT2D eigenvalue weighted by Crippen LogP contribution is 2.45. The number of anilines is 1. The van der Waals surface area contributed by atoms with Crippen LogP contribution >= 0.6 is 0 Å². The Morgan fingerprint density at radius 1 is 0.774 bits per heavy atom. The predicted octanol–water partition coefficient (Wildman–Crippen LogP) is 9.44. The molecule has 53 heavy (non-hydrogen) atoms. The number of benzene rings is 4. The van der Waals surface area contributed by atoms with Gasteiger partial charge in [0.25, 0.3) is 0 Å². The van der Waals surface area contributed by atoms with E-state index in [0.717, 1.165) is 70.7 Å². The molecule has 2 aliphatic rings. The molecule has 8 heteroatoms. The SMILES string of the molecule is CC(C)(C)c1ccc(CCC(OC(=O)COCC(=O)OCc2ccccc2)C2CCCCC2)cc1NC(=O)CC1c2ccccc2Oc2ccccc21. The molecule has 1 aliphatic heterocycles. The number of nitrogens with one attached hydrogen (secondary N) is 1. The molecule has 1 N–H and O–H groups in total. The summed E-state index contributed by atoms with van der Waals surface area (Å²) in [4.78, 5) is 39.0. The standard InChI is InChI=1S/C45H51NO7/c1-45(2,3)37-24-22-31(26-38(37)46-42(47)27-36-34-18-10-12-20-40(34)52-41-21-13-11-19-35(36)41)23-25-39(33-16-8-5-9-17-33)53-44(49)30-50-29-43(48)51-28-32-14-6-4-7-15-32/h4,6-7,10-15,18-22,24,26,33,36,39H,5,8-9,16-17,23,25,27-30H2,1-3H3,(H,46,47). The second kappa shape index (κ2) is 17.7. The molecule has 1 heterocycles. The van der Waals surface area contributed by atoms with E-state index in [0.29, 0.717) is 12.8 Å². The molecule has 1 amide bonds. The summed E-state index contributed by atoms with van der Waals surface area (Å²) in [6.45, 7) is 5.95. The second-order valence-corrected chi connectivity index (χ2v) is 15.2. The summed E-state index contributed by atoms with van der Waals surface area (Å²) in [5.41, 5.74) is 5.59. The average molecular weight is 718 g/mol. The molecule has 0 spiro atoms. The van der Waals surface area contributed by atoms with Crippen molar-refractivity contribution in [2.24, 2.45) is 5.92 Å². The minimum Gasteiger partial charge on any atom is -0.460 e. The molecule has 1 aliphatic carbocycles. The highest BCUT2D eigenvalue weighted by Gasteiger charge is 2.30. The lowest BCUT2D eigenvalue weighted by Crippen LogP contribution is -2.31. The molecule has 278 valence electrons. The van der Waals surface area contributed by atoms with Crippen molar-refractivity contribution in [1.29, 1.82) is 0 Å². The number of amides is 1. The summed E-state index contributed by atoms with van der Waals surface area (Å²) in [6, 6.07) is 31.5. The first-order valence-corrected chi connectivity index (χ1v) is 18.9. The molecule has 1 atom stereocenters. The maximum atomic E-state index is 13.9. The number of hydrogen-bond donors (Lipinski definition) is 1. The molecule has 0 aromatic heterocycles. The molecular formula is C45H51NO7. The van der Waals surface area contributed by atoms with Crippen molar-refractivity contribution in [2.75, 3.05) is 18.5 Å². The zero-order valence-corrected chi connectivity index (χ0v) is 31.1. The maximum absolute atomic E-state index is 13.9. The third-order valence-corrected chi connectivity index (χ3v) is 10.2. The van der Waals surface area contributed by atoms with E-state index in [1.165, 1.54) is 6.42 Å². The van der Waals surface area contributed by atoms with Gasteiger partial charge in [-0.05, 0) is 71.9 Å². The fraction of sp³-hybridized carbons (Fsp3) is 0.400. The lowest BCUT2D eigenvalue weighted by Gasteiger charge is -2.30. The number of para-hydroxylation sites is 2. The van der Waals surface area contributed by atoms with Gasteiger partial charge in [0, 0.05) is 29.2 Å². The van der Waals surface area contributed by atoms with Crippen molar-refractivity contribution in [1.82, 2.24) is 0 Å². The number of hydrogen-bond acceptors (Lipinski definition) is 7. The lowest BCUT2D eigenvalue weighted by molar-refractivity contribution is -0.162. The molecule has 0 bridgehead atoms. The Hall–Kier alpha value is -4.95. The van der Waals surface area contributed by atoms with E-state index >= 15 is 0 Å². The van der Waals surface area contributed by atoms with Crippen LogP contribution < -0.4 is 10.1 Å². The molecule has 4 aromatic carbocycles. The number of fused-ring (bicyclic) bond motifs is 2. The lowest BCUT2D eigenvalue weighted by atomic mass is 9.82. The Balaban J connectivity index is 1.09. The van der Waals surface area contributed by atoms with Crippen LogP contribution in [0.3, 0.4) is 0 Å². The first-order valence-electron chi connectivity index (χ1n) is 18.9. The van der Waals surface area contributed by atoms with Gasteiger partial charge in [0.05, 0.1) is 0 Å². The van der Waals surface area contributed by atoms with Crippen LogP contribution in [0.1, 0.15) is 99.5 Å². The van der Waals surface area contributed by atoms with Crippen LogP contribution in [0.25, 0.3) is 0 Å². The largest absolute Gasteiger partial charge is 0.460 e. The van der Waals surface area contributed by atoms with E-state index in [2.05, 4.69) is 44.3 Å². The quantitative estimate of drug-likeness (QED) is 0.130. The predicted molar refractivity (Wildman–Crippen MR) is 205 cm³/mol. The normalized spacial score (nSPS) is 15.0. The highest BCUT2D eigenvalue weighted by molar-refractivity contribution is 5.93. The smallest absolute Gasteiger partial charge is 0.332 e. The zero-order valence-electron chi connectivity index (χ0n) is 31.1. The monoisotopic (exact) mass is 717 g/mol. The van der Waals surface area contributed by atoms with Crippen LogP contribution in [-0.2, 0) is 47.0 Å². The number of esters is 2. The van der Waals surface area contributed by atoms with Crippen LogP contribution in [0, 0.1) is 5.92 Å². The Labute approximate surface area is 313 Å². The minimum absolute atomic E-state index is 0.0675. The van der Waals surface area contributed by atoms with Gasteiger partial charge in [-0.15, -0.1) is 0 Å². The second-order valence-electron chi connectivity index (χ2n) is 15.2. The number of rotatable bonds is 14. The first kappa shape index (κ1) is 37.8. The summed E-state index contributed by atoms with van der Waals surface area (Å²) in [5.74, 6) is 0.611. The number of ether oxygens (including phenoxy) is 4. The van der Waals surface area contributed by atoms with Gasteiger partial charge < -0.3 is 24.3 Å². The van der Waals surface area contributed by atoms with E-state index < -0.39 is 11.9 Å². The third kappa shape index (κ3) is 10.4. The molecule has 4 aromatic rings. The van der Waals surface area contributed by atoms with E-state index in [9.17, 15) is 14.4 Å². The van der Waals surface area contributed by atoms with E-state index in [-0.39, 0.29) is 55.5 Å². The summed E-state index contributed by atoms with van der Waals surface area (Å²) in [6.07, 6.45) is 6.75. The molecule has 0 radical (unpaired) electrons. The minimum atomic E-state index is -0.533. The fourth-order valence-electron chi connectivity index (χ4n) is 7.53. The van der Waals surface area contributed by atoms with E-state index in [1.807, 2.05) is 78.9 Å². The fourth-order valence-corrected chi connectivity index (χ4v) is 7.53. The van der Waals surface area contributed by atoms with Gasteiger partial charge in [0.2, 0.25) is 5.91 Å². The first-order chi connectivity index (χ1) is 25.6. The molecule has 1 fully saturated rings. The zero-order chi connectivity index (χ0) is 37.2. The van der Waals surface area contributed by atoms with Crippen molar-refractivity contribution in [3.63, 3.8) is 0 Å². The maximum Gasteiger partial charge on any atom is 0.332 e. The van der Waals surface area contributed by atoms with Gasteiger partial charge >= 0.3 is 11.9 Å². The van der Waals surface area contributed by atoms with Gasteiger partial charge in [0.1, 0.15) is 37.4 Å². The van der Waals surface area contributed by atoms with Crippen LogP contribution in [0.2, 0.25) is 0 Å². The van der Waals surface area contributed by atoms with Crippen molar-refractivity contribution < 1.29 is 33.3 Å². The van der Waals surface area contributed by atoms with Gasteiger partial charge in [-0.3, -0.25) is 4.79 Å². The van der Waals surface area contributed by atoms with Gasteiger partial charge in [-0.2, -0.15) is 0 Å². The molecule has 1 unspecified atom stereocenters. The van der Waals surface area contributed by atoms with Crippen LogP contribution in [0.4, 0.5) is 5.69 Å². The van der Waals surface area contributed by atoms with Crippen molar-refractivity contribution >= 4 is 23.5 Å². The van der Waals surface area contributed by atoms with Crippen molar-refractivity contribution in [3.8, 4) is 11.5 Å². The third-order valence-electron chi connectivity index (χ3n) is 10.2. The number of carbonyl (C=O) groups is 3. The van der Waals surface area contributed by atoms with Crippen LogP contribution in [0.5, 0.6) is 11.5 Å². The molecular weight excluding hydrogens is 666 g/mol. The topological polar surface area (TPSA) is 100 Å². The Kier molecular flexibility index (Phi) is 12.6. The van der Waals surface area contributed by atoms with Crippen molar-refractivity contribution in [3.05, 3.63) is 125 Å². The Morgan fingerprint density at radius 2 is 1.42 bits per heavy atom. The van der Waals surface area contributed by atoms with Gasteiger partial charge in [-0.1, -0.05) is 119 Å². The number of carbonyl (C=O) groups excluding carboxylic acids is 3. The molecule has 8 nitrogen and oxygen atoms in total. The summed E-state index contributed by atoms with van der Waals surface area (Å²) in [7, 11) is 0. The average Bonchev–Trinajstić information content (AvgIpc) is 3.16. The summed E-state index contributed by atoms with van der Waals surface area (Å²) < 4.78 is 22.9. The Bertz CT molecular complexity index is 1810. The number of aryl methyl sites for hydroxylation is 1. The molecule has 0 saturated heterocycles. The van der Waals surface area contributed by atoms with Gasteiger partial charge in [0.15, 0.2) is 0 Å². The molecule has 1 saturated carbocycles. The Morgan fingerprint density at radius 3 is 2.09 bits per heavy atom. The van der Waals surface area contributed by atoms with E-state index in [4.69, 9.17) is 18.9 Å². The summed E-state index contributed by atoms with van der Waals surface area (Å²) in [5, 5.41) is 3.28. The van der Waals surface area contributed by atoms with Crippen LogP contribution in [-0.4, -0.2) is 37.2 Å². The summed E-state index contributed by atoms with van der Waals surface area (Å²) >= 11 is 0. The highest BCUT2D eigenvalue weighted by atomic mass is 16.6. The van der Waals surface area contributed by atoms with Crippen molar-refractivity contribution in [2.45, 2.75) is 96.2 Å². The van der Waals surface area contributed by atoms with E-state index in [1.54, 1.807) is 0 Å². The molecule has 6 rings (SSSR count). The van der Waals surface area contributed by atoms with Crippen LogP contribution in [0.15, 0.2) is 97.1 Å².